The van der Waals surface area contributed by atoms with Crippen molar-refractivity contribution in [3.63, 3.8) is 0 Å². The van der Waals surface area contributed by atoms with Gasteiger partial charge in [-0.25, -0.2) is 4.98 Å². The van der Waals surface area contributed by atoms with Crippen molar-refractivity contribution >= 4 is 59.0 Å². The van der Waals surface area contributed by atoms with Crippen molar-refractivity contribution in [2.75, 3.05) is 5.73 Å². The van der Waals surface area contributed by atoms with Crippen LogP contribution >= 0.6 is 11.3 Å². The highest BCUT2D eigenvalue weighted by molar-refractivity contribution is 7.25. The number of rotatable bonds is 3. The summed E-state index contributed by atoms with van der Waals surface area (Å²) in [5.41, 5.74) is 10.1. The van der Waals surface area contributed by atoms with E-state index in [0.29, 0.717) is 11.4 Å². The highest BCUT2D eigenvalue weighted by Crippen LogP contribution is 2.41. The van der Waals surface area contributed by atoms with Crippen LogP contribution in [-0.4, -0.2) is 9.55 Å². The van der Waals surface area contributed by atoms with E-state index in [1.807, 2.05) is 47.9 Å². The molecular weight excluding hydrogens is 486 g/mol. The minimum atomic E-state index is 0.00872. The van der Waals surface area contributed by atoms with E-state index in [2.05, 4.69) is 86.0 Å². The molecular formula is C33H27N3OS. The van der Waals surface area contributed by atoms with Gasteiger partial charge < -0.3 is 10.5 Å². The molecule has 3 heterocycles. The Balaban J connectivity index is 1.53. The lowest BCUT2D eigenvalue weighted by Gasteiger charge is -2.20. The number of nitrogens with zero attached hydrogens (tertiary/aromatic N) is 2. The van der Waals surface area contributed by atoms with E-state index in [1.165, 1.54) is 36.5 Å². The minimum absolute atomic E-state index is 0.00872. The number of benzene rings is 4. The Morgan fingerprint density at radius 1 is 0.711 bits per heavy atom. The van der Waals surface area contributed by atoms with Gasteiger partial charge in [-0.1, -0.05) is 45.0 Å². The van der Waals surface area contributed by atoms with Crippen LogP contribution in [0.4, 0.5) is 5.69 Å². The summed E-state index contributed by atoms with van der Waals surface area (Å²) in [5.74, 6) is 2.37. The summed E-state index contributed by atoms with van der Waals surface area (Å²) >= 11 is 1.84. The third-order valence-electron chi connectivity index (χ3n) is 7.17. The molecule has 0 spiro atoms. The molecule has 0 unspecified atom stereocenters. The number of fused-ring (bicyclic) bond motifs is 6. The summed E-state index contributed by atoms with van der Waals surface area (Å²) in [6.07, 6.45) is 1.92. The lowest BCUT2D eigenvalue weighted by Crippen LogP contribution is -2.12. The molecule has 0 saturated carbocycles. The number of anilines is 1. The largest absolute Gasteiger partial charge is 0.457 e. The van der Waals surface area contributed by atoms with E-state index in [4.69, 9.17) is 15.5 Å². The molecule has 0 atom stereocenters. The first kappa shape index (κ1) is 22.8. The maximum Gasteiger partial charge on any atom is 0.137 e. The molecule has 2 N–H and O–H groups in total. The van der Waals surface area contributed by atoms with Gasteiger partial charge in [-0.05, 0) is 65.6 Å². The fraction of sp³-hybridized carbons (Fsp3) is 0.121. The summed E-state index contributed by atoms with van der Waals surface area (Å²) < 4.78 is 11.1. The molecule has 186 valence electrons. The van der Waals surface area contributed by atoms with Gasteiger partial charge in [0.2, 0.25) is 0 Å². The second kappa shape index (κ2) is 8.33. The number of hydrogen-bond acceptors (Lipinski definition) is 4. The molecule has 3 aromatic heterocycles. The van der Waals surface area contributed by atoms with Crippen LogP contribution in [0.15, 0.2) is 97.2 Å². The van der Waals surface area contributed by atoms with Crippen molar-refractivity contribution in [1.29, 1.82) is 0 Å². The standard InChI is InChI=1S/C33H27N3OS/c1-33(2,3)20-13-14-35-32(15-20)36-28-17-23(37-22-8-6-7-21(34)16-22)11-12-24(28)26-19-31-27(18-29(26)36)25-9-4-5-10-30(25)38-31/h4-19H,34H2,1-3H3. The number of nitrogens with two attached hydrogens (primary N) is 1. The normalized spacial score (nSPS) is 12.2. The zero-order valence-electron chi connectivity index (χ0n) is 21.5. The van der Waals surface area contributed by atoms with E-state index in [0.717, 1.165) is 22.6 Å². The third kappa shape index (κ3) is 3.70. The van der Waals surface area contributed by atoms with Crippen molar-refractivity contribution in [3.05, 3.63) is 103 Å². The highest BCUT2D eigenvalue weighted by Gasteiger charge is 2.19. The van der Waals surface area contributed by atoms with Crippen LogP contribution in [0.2, 0.25) is 0 Å². The van der Waals surface area contributed by atoms with Crippen LogP contribution in [0.3, 0.4) is 0 Å². The van der Waals surface area contributed by atoms with Crippen LogP contribution in [0.1, 0.15) is 26.3 Å². The van der Waals surface area contributed by atoms with Gasteiger partial charge in [0.15, 0.2) is 0 Å². The van der Waals surface area contributed by atoms with E-state index < -0.39 is 0 Å². The molecule has 4 aromatic carbocycles. The zero-order chi connectivity index (χ0) is 26.0. The van der Waals surface area contributed by atoms with Crippen LogP contribution in [0.5, 0.6) is 11.5 Å². The summed E-state index contributed by atoms with van der Waals surface area (Å²) in [6.45, 7) is 6.70. The lowest BCUT2D eigenvalue weighted by molar-refractivity contribution is 0.483. The summed E-state index contributed by atoms with van der Waals surface area (Å²) in [4.78, 5) is 4.86. The molecule has 38 heavy (non-hydrogen) atoms. The van der Waals surface area contributed by atoms with E-state index in [-0.39, 0.29) is 5.41 Å². The predicted molar refractivity (Wildman–Crippen MR) is 161 cm³/mol. The maximum atomic E-state index is 6.24. The molecule has 7 aromatic rings. The molecule has 7 rings (SSSR count). The van der Waals surface area contributed by atoms with Gasteiger partial charge in [-0.2, -0.15) is 0 Å². The minimum Gasteiger partial charge on any atom is -0.457 e. The first-order valence-corrected chi connectivity index (χ1v) is 13.6. The van der Waals surface area contributed by atoms with Crippen molar-refractivity contribution in [2.24, 2.45) is 0 Å². The Morgan fingerprint density at radius 3 is 2.37 bits per heavy atom. The molecule has 0 aliphatic carbocycles. The number of thiophene rings is 1. The highest BCUT2D eigenvalue weighted by atomic mass is 32.1. The molecule has 0 fully saturated rings. The van der Waals surface area contributed by atoms with Gasteiger partial charge in [-0.3, -0.25) is 4.57 Å². The van der Waals surface area contributed by atoms with Gasteiger partial charge in [-0.15, -0.1) is 11.3 Å². The second-order valence-electron chi connectivity index (χ2n) is 10.8. The molecule has 0 aliphatic heterocycles. The average molecular weight is 514 g/mol. The molecule has 0 saturated heterocycles. The van der Waals surface area contributed by atoms with Gasteiger partial charge >= 0.3 is 0 Å². The van der Waals surface area contributed by atoms with Crippen molar-refractivity contribution < 1.29 is 4.74 Å². The number of aromatic nitrogens is 2. The molecule has 0 radical (unpaired) electrons. The van der Waals surface area contributed by atoms with Crippen molar-refractivity contribution in [2.45, 2.75) is 26.2 Å². The number of hydrogen-bond donors (Lipinski definition) is 1. The van der Waals surface area contributed by atoms with Crippen LogP contribution in [0.25, 0.3) is 47.8 Å². The van der Waals surface area contributed by atoms with Crippen LogP contribution in [0, 0.1) is 0 Å². The van der Waals surface area contributed by atoms with Gasteiger partial charge in [0.1, 0.15) is 17.3 Å². The van der Waals surface area contributed by atoms with Gasteiger partial charge in [0.05, 0.1) is 11.0 Å². The molecule has 0 aliphatic rings. The van der Waals surface area contributed by atoms with E-state index in [9.17, 15) is 0 Å². The topological polar surface area (TPSA) is 53.1 Å². The summed E-state index contributed by atoms with van der Waals surface area (Å²) in [5, 5.41) is 4.93. The van der Waals surface area contributed by atoms with Crippen LogP contribution < -0.4 is 10.5 Å². The summed E-state index contributed by atoms with van der Waals surface area (Å²) in [7, 11) is 0. The molecule has 4 nitrogen and oxygen atoms in total. The number of nitrogen functional groups attached to an aromatic ring is 1. The maximum absolute atomic E-state index is 6.24. The second-order valence-corrected chi connectivity index (χ2v) is 11.9. The van der Waals surface area contributed by atoms with Gasteiger partial charge in [0, 0.05) is 55.0 Å². The SMILES string of the molecule is CC(C)(C)c1ccnc(-n2c3cc(Oc4cccc(N)c4)ccc3c3cc4sc5ccccc5c4cc32)c1. The smallest absolute Gasteiger partial charge is 0.137 e. The predicted octanol–water partition coefficient (Wildman–Crippen LogP) is 9.22. The monoisotopic (exact) mass is 513 g/mol. The first-order valence-electron chi connectivity index (χ1n) is 12.7. The Labute approximate surface area is 224 Å². The van der Waals surface area contributed by atoms with Gasteiger partial charge in [0.25, 0.3) is 0 Å². The molecule has 5 heteroatoms. The Kier molecular flexibility index (Phi) is 5.00. The Morgan fingerprint density at radius 2 is 1.53 bits per heavy atom. The van der Waals surface area contributed by atoms with Crippen molar-refractivity contribution in [1.82, 2.24) is 9.55 Å². The molecule has 0 bridgehead atoms. The van der Waals surface area contributed by atoms with E-state index >= 15 is 0 Å². The average Bonchev–Trinajstić information content (AvgIpc) is 3.41. The summed E-state index contributed by atoms with van der Waals surface area (Å²) in [6, 6.07) is 31.4. The first-order chi connectivity index (χ1) is 18.3. The third-order valence-corrected chi connectivity index (χ3v) is 8.30. The number of pyridine rings is 1. The Bertz CT molecular complexity index is 2010. The fourth-order valence-corrected chi connectivity index (χ4v) is 6.37. The van der Waals surface area contributed by atoms with Crippen molar-refractivity contribution in [3.8, 4) is 17.3 Å². The molecule has 0 amide bonds. The lowest BCUT2D eigenvalue weighted by atomic mass is 9.88. The fourth-order valence-electron chi connectivity index (χ4n) is 5.25. The van der Waals surface area contributed by atoms with E-state index in [1.54, 1.807) is 0 Å². The zero-order valence-corrected chi connectivity index (χ0v) is 22.3. The quantitative estimate of drug-likeness (QED) is 0.240. The Hall–Kier alpha value is -4.35. The number of ether oxygens (including phenoxy) is 1. The van der Waals surface area contributed by atoms with Crippen LogP contribution in [-0.2, 0) is 5.41 Å².